The number of nitrogen functional groups attached to an aromatic ring is 1. The number of hydrogen-bond acceptors (Lipinski definition) is 4. The number of aromatic nitrogens is 2. The van der Waals surface area contributed by atoms with Crippen LogP contribution in [0.5, 0.6) is 0 Å². The first-order valence-corrected chi connectivity index (χ1v) is 7.17. The Morgan fingerprint density at radius 2 is 2.05 bits per heavy atom. The molecule has 0 radical (unpaired) electrons. The van der Waals surface area contributed by atoms with E-state index in [-0.39, 0.29) is 5.56 Å². The number of fused-ring (bicyclic) bond motifs is 1. The Balaban J connectivity index is 1.99. The Morgan fingerprint density at radius 1 is 1.30 bits per heavy atom. The summed E-state index contributed by atoms with van der Waals surface area (Å²) in [6, 6.07) is 5.72. The van der Waals surface area contributed by atoms with Crippen LogP contribution in [0.15, 0.2) is 23.0 Å². The van der Waals surface area contributed by atoms with Crippen LogP contribution in [-0.2, 0) is 0 Å². The Bertz CT molecular complexity index is 673. The molecule has 0 spiro atoms. The second kappa shape index (κ2) is 5.15. The van der Waals surface area contributed by atoms with Crippen LogP contribution < -0.4 is 16.2 Å². The van der Waals surface area contributed by atoms with E-state index in [1.165, 1.54) is 32.1 Å². The molecule has 1 saturated carbocycles. The zero-order valence-electron chi connectivity index (χ0n) is 11.7. The third-order valence-corrected chi connectivity index (χ3v) is 4.17. The lowest BCUT2D eigenvalue weighted by Gasteiger charge is -2.31. The van der Waals surface area contributed by atoms with Gasteiger partial charge in [-0.15, -0.1) is 0 Å². The van der Waals surface area contributed by atoms with E-state index in [1.807, 2.05) is 7.05 Å². The minimum atomic E-state index is -0.125. The standard InChI is InChI=1S/C15H20N4O/c1-19(11-5-3-2-4-6-11)15-17-13-8-7-10(16)9-12(13)14(20)18-15/h7-9,11H,2-6,16H2,1H3,(H,17,18,20). The van der Waals surface area contributed by atoms with E-state index in [4.69, 9.17) is 5.73 Å². The zero-order chi connectivity index (χ0) is 14.1. The van der Waals surface area contributed by atoms with Gasteiger partial charge in [-0.2, -0.15) is 0 Å². The van der Waals surface area contributed by atoms with E-state index < -0.39 is 0 Å². The number of H-pyrrole nitrogens is 1. The highest BCUT2D eigenvalue weighted by molar-refractivity contribution is 5.81. The summed E-state index contributed by atoms with van der Waals surface area (Å²) < 4.78 is 0. The molecule has 3 rings (SSSR count). The van der Waals surface area contributed by atoms with Gasteiger partial charge in [0.1, 0.15) is 0 Å². The van der Waals surface area contributed by atoms with E-state index >= 15 is 0 Å². The lowest BCUT2D eigenvalue weighted by molar-refractivity contribution is 0.424. The van der Waals surface area contributed by atoms with E-state index in [0.29, 0.717) is 28.6 Å². The number of nitrogens with one attached hydrogen (secondary N) is 1. The predicted molar refractivity (Wildman–Crippen MR) is 82.1 cm³/mol. The lowest BCUT2D eigenvalue weighted by atomic mass is 9.95. The molecule has 20 heavy (non-hydrogen) atoms. The number of hydrogen-bond donors (Lipinski definition) is 2. The maximum atomic E-state index is 12.2. The molecule has 2 aromatic rings. The molecule has 5 heteroatoms. The summed E-state index contributed by atoms with van der Waals surface area (Å²) in [4.78, 5) is 21.7. The fourth-order valence-corrected chi connectivity index (χ4v) is 2.95. The molecule has 0 aliphatic heterocycles. The Hall–Kier alpha value is -2.04. The van der Waals surface area contributed by atoms with Crippen molar-refractivity contribution in [1.29, 1.82) is 0 Å². The van der Waals surface area contributed by atoms with Crippen molar-refractivity contribution < 1.29 is 0 Å². The number of nitrogens with two attached hydrogens (primary N) is 1. The molecule has 1 aliphatic rings. The maximum Gasteiger partial charge on any atom is 0.260 e. The summed E-state index contributed by atoms with van der Waals surface area (Å²) >= 11 is 0. The molecule has 1 heterocycles. The molecule has 1 aliphatic carbocycles. The zero-order valence-corrected chi connectivity index (χ0v) is 11.7. The van der Waals surface area contributed by atoms with Crippen LogP contribution in [0.2, 0.25) is 0 Å². The van der Waals surface area contributed by atoms with E-state index in [1.54, 1.807) is 18.2 Å². The smallest absolute Gasteiger partial charge is 0.260 e. The van der Waals surface area contributed by atoms with Gasteiger partial charge in [0.15, 0.2) is 0 Å². The van der Waals surface area contributed by atoms with E-state index in [2.05, 4.69) is 14.9 Å². The summed E-state index contributed by atoms with van der Waals surface area (Å²) in [5, 5.41) is 0.547. The van der Waals surface area contributed by atoms with E-state index in [9.17, 15) is 4.79 Å². The molecular weight excluding hydrogens is 252 g/mol. The van der Waals surface area contributed by atoms with Crippen molar-refractivity contribution in [3.63, 3.8) is 0 Å². The molecule has 1 fully saturated rings. The number of nitrogens with zero attached hydrogens (tertiary/aromatic N) is 2. The molecule has 3 N–H and O–H groups in total. The Labute approximate surface area is 117 Å². The number of benzene rings is 1. The largest absolute Gasteiger partial charge is 0.399 e. The summed E-state index contributed by atoms with van der Waals surface area (Å²) in [6.07, 6.45) is 6.15. The second-order valence-electron chi connectivity index (χ2n) is 5.57. The fraction of sp³-hybridized carbons (Fsp3) is 0.467. The highest BCUT2D eigenvalue weighted by atomic mass is 16.1. The molecule has 1 aromatic heterocycles. The number of rotatable bonds is 2. The molecule has 106 valence electrons. The summed E-state index contributed by atoms with van der Waals surface area (Å²) in [5.41, 5.74) is 6.87. The van der Waals surface area contributed by atoms with Crippen molar-refractivity contribution >= 4 is 22.5 Å². The first-order chi connectivity index (χ1) is 9.65. The third kappa shape index (κ3) is 2.35. The third-order valence-electron chi connectivity index (χ3n) is 4.17. The van der Waals surface area contributed by atoms with Gasteiger partial charge in [0.25, 0.3) is 5.56 Å². The average Bonchev–Trinajstić information content (AvgIpc) is 2.48. The maximum absolute atomic E-state index is 12.2. The van der Waals surface area contributed by atoms with Crippen LogP contribution in [0, 0.1) is 0 Å². The lowest BCUT2D eigenvalue weighted by Crippen LogP contribution is -2.35. The van der Waals surface area contributed by atoms with Crippen LogP contribution in [0.3, 0.4) is 0 Å². The van der Waals surface area contributed by atoms with Crippen molar-refractivity contribution in [3.8, 4) is 0 Å². The van der Waals surface area contributed by atoms with Crippen LogP contribution in [0.25, 0.3) is 10.9 Å². The minimum Gasteiger partial charge on any atom is -0.399 e. The van der Waals surface area contributed by atoms with Gasteiger partial charge in [0.2, 0.25) is 5.95 Å². The molecule has 0 amide bonds. The van der Waals surface area contributed by atoms with Crippen molar-refractivity contribution in [3.05, 3.63) is 28.6 Å². The van der Waals surface area contributed by atoms with Crippen molar-refractivity contribution in [2.45, 2.75) is 38.1 Å². The van der Waals surface area contributed by atoms with Crippen molar-refractivity contribution in [2.24, 2.45) is 0 Å². The van der Waals surface area contributed by atoms with Gasteiger partial charge in [0, 0.05) is 18.8 Å². The highest BCUT2D eigenvalue weighted by Gasteiger charge is 2.20. The summed E-state index contributed by atoms with van der Waals surface area (Å²) in [5.74, 6) is 0.652. The predicted octanol–water partition coefficient (Wildman–Crippen LogP) is 2.27. The normalized spacial score (nSPS) is 16.4. The minimum absolute atomic E-state index is 0.125. The molecule has 0 atom stereocenters. The summed E-state index contributed by atoms with van der Waals surface area (Å²) in [7, 11) is 2.01. The number of aromatic amines is 1. The van der Waals surface area contributed by atoms with Crippen molar-refractivity contribution in [2.75, 3.05) is 17.7 Å². The highest BCUT2D eigenvalue weighted by Crippen LogP contribution is 2.24. The Morgan fingerprint density at radius 3 is 2.80 bits per heavy atom. The van der Waals surface area contributed by atoms with Crippen LogP contribution in [-0.4, -0.2) is 23.1 Å². The van der Waals surface area contributed by atoms with Gasteiger partial charge in [0.05, 0.1) is 10.9 Å². The van der Waals surface area contributed by atoms with Crippen LogP contribution >= 0.6 is 0 Å². The van der Waals surface area contributed by atoms with Gasteiger partial charge in [-0.05, 0) is 31.0 Å². The monoisotopic (exact) mass is 272 g/mol. The first-order valence-electron chi connectivity index (χ1n) is 7.17. The van der Waals surface area contributed by atoms with Crippen molar-refractivity contribution in [1.82, 2.24) is 9.97 Å². The molecule has 0 bridgehead atoms. The van der Waals surface area contributed by atoms with Gasteiger partial charge in [-0.3, -0.25) is 9.78 Å². The topological polar surface area (TPSA) is 75.0 Å². The number of anilines is 2. The fourth-order valence-electron chi connectivity index (χ4n) is 2.95. The molecule has 1 aromatic carbocycles. The molecule has 0 saturated heterocycles. The molecular formula is C15H20N4O. The quantitative estimate of drug-likeness (QED) is 0.822. The van der Waals surface area contributed by atoms with Gasteiger partial charge in [-0.1, -0.05) is 19.3 Å². The van der Waals surface area contributed by atoms with Crippen LogP contribution in [0.4, 0.5) is 11.6 Å². The van der Waals surface area contributed by atoms with Crippen LogP contribution in [0.1, 0.15) is 32.1 Å². The second-order valence-corrected chi connectivity index (χ2v) is 5.57. The SMILES string of the molecule is CN(c1nc2ccc(N)cc2c(=O)[nH]1)C1CCCCC1. The average molecular weight is 272 g/mol. The first kappa shape index (κ1) is 13.0. The Kier molecular flexibility index (Phi) is 3.34. The van der Waals surface area contributed by atoms with Gasteiger partial charge in [-0.25, -0.2) is 4.98 Å². The molecule has 0 unspecified atom stereocenters. The van der Waals surface area contributed by atoms with Gasteiger partial charge < -0.3 is 10.6 Å². The molecule has 5 nitrogen and oxygen atoms in total. The van der Waals surface area contributed by atoms with Gasteiger partial charge >= 0.3 is 0 Å². The summed E-state index contributed by atoms with van der Waals surface area (Å²) in [6.45, 7) is 0. The van der Waals surface area contributed by atoms with E-state index in [0.717, 1.165) is 0 Å².